The average Bonchev–Trinajstić information content (AvgIpc) is 3.30. The molecule has 0 aliphatic carbocycles. The van der Waals surface area contributed by atoms with Crippen molar-refractivity contribution in [3.63, 3.8) is 0 Å². The van der Waals surface area contributed by atoms with E-state index in [4.69, 9.17) is 9.15 Å². The Morgan fingerprint density at radius 2 is 2.21 bits per heavy atom. The lowest BCUT2D eigenvalue weighted by atomic mass is 10.1. The van der Waals surface area contributed by atoms with E-state index in [1.165, 1.54) is 0 Å². The van der Waals surface area contributed by atoms with Crippen LogP contribution in [-0.2, 0) is 11.3 Å². The highest BCUT2D eigenvalue weighted by molar-refractivity contribution is 5.74. The van der Waals surface area contributed by atoms with Crippen LogP contribution in [0.15, 0.2) is 40.9 Å². The van der Waals surface area contributed by atoms with Gasteiger partial charge in [0.2, 0.25) is 5.89 Å². The fourth-order valence-corrected chi connectivity index (χ4v) is 2.79. The molecule has 1 unspecified atom stereocenters. The lowest BCUT2D eigenvalue weighted by Crippen LogP contribution is -2.42. The van der Waals surface area contributed by atoms with Crippen LogP contribution in [0.5, 0.6) is 0 Å². The summed E-state index contributed by atoms with van der Waals surface area (Å²) in [6.45, 7) is 5.19. The minimum Gasteiger partial charge on any atom is -0.439 e. The van der Waals surface area contributed by atoms with E-state index in [0.717, 1.165) is 31.7 Å². The molecule has 24 heavy (non-hydrogen) atoms. The number of hydrogen-bond acceptors (Lipinski definition) is 4. The normalized spacial score (nSPS) is 17.0. The van der Waals surface area contributed by atoms with Crippen molar-refractivity contribution in [2.45, 2.75) is 19.9 Å². The van der Waals surface area contributed by atoms with Gasteiger partial charge in [-0.15, -0.1) is 0 Å². The number of ether oxygens (including phenoxy) is 1. The third-order valence-corrected chi connectivity index (χ3v) is 4.17. The molecule has 2 amide bonds. The first-order valence-corrected chi connectivity index (χ1v) is 8.37. The maximum atomic E-state index is 12.3. The highest BCUT2D eigenvalue weighted by atomic mass is 16.5. The molecule has 1 N–H and O–H groups in total. The molecule has 128 valence electrons. The standard InChI is InChI=1S/C18H23N3O3/c1-2-21(12-14-8-9-23-13-14)18(22)20-11-17-19-10-16(24-17)15-6-4-3-5-7-15/h3-7,10,14H,2,8-9,11-13H2,1H3,(H,20,22). The van der Waals surface area contributed by atoms with E-state index in [2.05, 4.69) is 10.3 Å². The number of urea groups is 1. The summed E-state index contributed by atoms with van der Waals surface area (Å²) in [4.78, 5) is 18.4. The smallest absolute Gasteiger partial charge is 0.317 e. The highest BCUT2D eigenvalue weighted by Gasteiger charge is 2.21. The summed E-state index contributed by atoms with van der Waals surface area (Å²) in [7, 11) is 0. The minimum absolute atomic E-state index is 0.0936. The third-order valence-electron chi connectivity index (χ3n) is 4.17. The second kappa shape index (κ2) is 7.97. The molecule has 1 aliphatic rings. The first-order chi connectivity index (χ1) is 11.8. The maximum absolute atomic E-state index is 12.3. The largest absolute Gasteiger partial charge is 0.439 e. The van der Waals surface area contributed by atoms with E-state index in [1.54, 1.807) is 11.1 Å². The van der Waals surface area contributed by atoms with E-state index < -0.39 is 0 Å². The van der Waals surface area contributed by atoms with E-state index >= 15 is 0 Å². The molecule has 0 bridgehead atoms. The van der Waals surface area contributed by atoms with Crippen LogP contribution in [0.1, 0.15) is 19.2 Å². The summed E-state index contributed by atoms with van der Waals surface area (Å²) in [5, 5.41) is 2.88. The minimum atomic E-state index is -0.0936. The Hall–Kier alpha value is -2.34. The zero-order valence-electron chi connectivity index (χ0n) is 13.9. The first-order valence-electron chi connectivity index (χ1n) is 8.37. The molecule has 2 aromatic rings. The molecule has 1 fully saturated rings. The Kier molecular flexibility index (Phi) is 5.48. The van der Waals surface area contributed by atoms with Gasteiger partial charge < -0.3 is 19.4 Å². The van der Waals surface area contributed by atoms with Gasteiger partial charge in [-0.1, -0.05) is 30.3 Å². The van der Waals surface area contributed by atoms with Gasteiger partial charge in [-0.2, -0.15) is 0 Å². The van der Waals surface area contributed by atoms with Crippen molar-refractivity contribution < 1.29 is 13.9 Å². The van der Waals surface area contributed by atoms with Crippen molar-refractivity contribution >= 4 is 6.03 Å². The van der Waals surface area contributed by atoms with Gasteiger partial charge in [0.25, 0.3) is 0 Å². The Labute approximate surface area is 141 Å². The number of nitrogens with one attached hydrogen (secondary N) is 1. The SMILES string of the molecule is CCN(CC1CCOC1)C(=O)NCc1ncc(-c2ccccc2)o1. The summed E-state index contributed by atoms with van der Waals surface area (Å²) in [6.07, 6.45) is 2.70. The van der Waals surface area contributed by atoms with Crippen LogP contribution in [0, 0.1) is 5.92 Å². The van der Waals surface area contributed by atoms with Gasteiger partial charge in [-0.3, -0.25) is 0 Å². The lowest BCUT2D eigenvalue weighted by Gasteiger charge is -2.23. The predicted octanol–water partition coefficient (Wildman–Crippen LogP) is 2.91. The molecular weight excluding hydrogens is 306 g/mol. The van der Waals surface area contributed by atoms with Crippen LogP contribution in [0.25, 0.3) is 11.3 Å². The number of hydrogen-bond donors (Lipinski definition) is 1. The van der Waals surface area contributed by atoms with Crippen LogP contribution in [0.3, 0.4) is 0 Å². The Bertz CT molecular complexity index is 651. The van der Waals surface area contributed by atoms with Crippen molar-refractivity contribution in [2.24, 2.45) is 5.92 Å². The van der Waals surface area contributed by atoms with Crippen LogP contribution in [0.4, 0.5) is 4.79 Å². The molecule has 0 spiro atoms. The van der Waals surface area contributed by atoms with Gasteiger partial charge >= 0.3 is 6.03 Å². The number of nitrogens with zero attached hydrogens (tertiary/aromatic N) is 2. The maximum Gasteiger partial charge on any atom is 0.317 e. The molecule has 6 heteroatoms. The zero-order valence-corrected chi connectivity index (χ0v) is 13.9. The van der Waals surface area contributed by atoms with Crippen LogP contribution >= 0.6 is 0 Å². The van der Waals surface area contributed by atoms with E-state index in [0.29, 0.717) is 24.1 Å². The number of rotatable bonds is 6. The summed E-state index contributed by atoms with van der Waals surface area (Å²) in [6, 6.07) is 9.69. The molecule has 3 rings (SSSR count). The highest BCUT2D eigenvalue weighted by Crippen LogP contribution is 2.19. The van der Waals surface area contributed by atoms with Gasteiger partial charge in [0, 0.05) is 31.2 Å². The summed E-state index contributed by atoms with van der Waals surface area (Å²) >= 11 is 0. The van der Waals surface area contributed by atoms with Gasteiger partial charge in [-0.05, 0) is 13.3 Å². The topological polar surface area (TPSA) is 67.6 Å². The molecular formula is C18H23N3O3. The van der Waals surface area contributed by atoms with E-state index in [9.17, 15) is 4.79 Å². The van der Waals surface area contributed by atoms with Gasteiger partial charge in [-0.25, -0.2) is 9.78 Å². The summed E-state index contributed by atoms with van der Waals surface area (Å²) in [5.74, 6) is 1.64. The van der Waals surface area contributed by atoms with Crippen LogP contribution < -0.4 is 5.32 Å². The summed E-state index contributed by atoms with van der Waals surface area (Å²) in [5.41, 5.74) is 0.971. The first kappa shape index (κ1) is 16.5. The molecule has 1 aromatic heterocycles. The number of amides is 2. The van der Waals surface area contributed by atoms with Gasteiger partial charge in [0.15, 0.2) is 5.76 Å². The number of aromatic nitrogens is 1. The second-order valence-corrected chi connectivity index (χ2v) is 5.91. The Morgan fingerprint density at radius 3 is 2.92 bits per heavy atom. The quantitative estimate of drug-likeness (QED) is 0.885. The molecule has 1 atom stereocenters. The van der Waals surface area contributed by atoms with E-state index in [1.807, 2.05) is 37.3 Å². The van der Waals surface area contributed by atoms with Crippen molar-refractivity contribution in [1.82, 2.24) is 15.2 Å². The van der Waals surface area contributed by atoms with Crippen molar-refractivity contribution in [3.05, 3.63) is 42.4 Å². The lowest BCUT2D eigenvalue weighted by molar-refractivity contribution is 0.165. The van der Waals surface area contributed by atoms with E-state index in [-0.39, 0.29) is 12.6 Å². The number of carbonyl (C=O) groups is 1. The molecule has 6 nitrogen and oxygen atoms in total. The molecule has 0 radical (unpaired) electrons. The monoisotopic (exact) mass is 329 g/mol. The molecule has 1 saturated heterocycles. The molecule has 0 saturated carbocycles. The fourth-order valence-electron chi connectivity index (χ4n) is 2.79. The van der Waals surface area contributed by atoms with Gasteiger partial charge in [0.05, 0.1) is 19.3 Å². The Balaban J connectivity index is 1.53. The number of benzene rings is 1. The van der Waals surface area contributed by atoms with Gasteiger partial charge in [0.1, 0.15) is 0 Å². The van der Waals surface area contributed by atoms with Crippen LogP contribution in [-0.4, -0.2) is 42.2 Å². The molecule has 2 heterocycles. The van der Waals surface area contributed by atoms with Crippen molar-refractivity contribution in [2.75, 3.05) is 26.3 Å². The molecule has 1 aromatic carbocycles. The number of carbonyl (C=O) groups excluding carboxylic acids is 1. The zero-order chi connectivity index (χ0) is 16.8. The fraction of sp³-hybridized carbons (Fsp3) is 0.444. The Morgan fingerprint density at radius 1 is 1.38 bits per heavy atom. The average molecular weight is 329 g/mol. The predicted molar refractivity (Wildman–Crippen MR) is 90.3 cm³/mol. The molecule has 1 aliphatic heterocycles. The van der Waals surface area contributed by atoms with Crippen LogP contribution in [0.2, 0.25) is 0 Å². The second-order valence-electron chi connectivity index (χ2n) is 5.91. The van der Waals surface area contributed by atoms with Crippen molar-refractivity contribution in [1.29, 1.82) is 0 Å². The third kappa shape index (κ3) is 4.14. The number of oxazole rings is 1. The van der Waals surface area contributed by atoms with Crippen molar-refractivity contribution in [3.8, 4) is 11.3 Å². The summed E-state index contributed by atoms with van der Waals surface area (Å²) < 4.78 is 11.1.